The van der Waals surface area contributed by atoms with Crippen molar-refractivity contribution in [1.29, 1.82) is 0 Å². The molecule has 0 aliphatic carbocycles. The zero-order chi connectivity index (χ0) is 12.3. The lowest BCUT2D eigenvalue weighted by atomic mass is 10.1. The van der Waals surface area contributed by atoms with E-state index in [4.69, 9.17) is 5.73 Å². The normalized spacial score (nSPS) is 10.2. The number of hydrogen-bond acceptors (Lipinski definition) is 2. The van der Waals surface area contributed by atoms with E-state index in [2.05, 4.69) is 43.4 Å². The van der Waals surface area contributed by atoms with Crippen LogP contribution in [0.4, 0.5) is 11.4 Å². The van der Waals surface area contributed by atoms with Gasteiger partial charge in [0.2, 0.25) is 0 Å². The average Bonchev–Trinajstić information content (AvgIpc) is 2.30. The fourth-order valence-electron chi connectivity index (χ4n) is 1.83. The highest BCUT2D eigenvalue weighted by atomic mass is 14.9. The summed E-state index contributed by atoms with van der Waals surface area (Å²) in [5, 5.41) is 3.44. The fraction of sp³-hybridized carbons (Fsp3) is 0.200. The van der Waals surface area contributed by atoms with E-state index in [1.54, 1.807) is 0 Å². The highest BCUT2D eigenvalue weighted by Gasteiger charge is 1.99. The van der Waals surface area contributed by atoms with Crippen molar-refractivity contribution in [3.05, 3.63) is 59.2 Å². The van der Waals surface area contributed by atoms with Gasteiger partial charge in [-0.15, -0.1) is 0 Å². The largest absolute Gasteiger partial charge is 0.399 e. The molecule has 0 unspecified atom stereocenters. The van der Waals surface area contributed by atoms with E-state index < -0.39 is 0 Å². The van der Waals surface area contributed by atoms with Crippen LogP contribution in [-0.4, -0.2) is 0 Å². The summed E-state index contributed by atoms with van der Waals surface area (Å²) in [5.41, 5.74) is 11.5. The number of rotatable bonds is 3. The maximum Gasteiger partial charge on any atom is 0.0401 e. The topological polar surface area (TPSA) is 38.0 Å². The number of nitrogen functional groups attached to an aromatic ring is 1. The van der Waals surface area contributed by atoms with Gasteiger partial charge in [-0.2, -0.15) is 0 Å². The van der Waals surface area contributed by atoms with Crippen LogP contribution in [0.3, 0.4) is 0 Å². The second-order valence-corrected chi connectivity index (χ2v) is 4.42. The molecule has 88 valence electrons. The first-order valence-corrected chi connectivity index (χ1v) is 5.81. The third-order valence-corrected chi connectivity index (χ3v) is 2.83. The third-order valence-electron chi connectivity index (χ3n) is 2.83. The molecule has 0 amide bonds. The van der Waals surface area contributed by atoms with E-state index in [1.165, 1.54) is 22.4 Å². The Balaban J connectivity index is 2.09. The lowest BCUT2D eigenvalue weighted by Gasteiger charge is -2.10. The molecule has 2 aromatic carbocycles. The van der Waals surface area contributed by atoms with Crippen LogP contribution in [0.5, 0.6) is 0 Å². The molecule has 0 aromatic heterocycles. The Kier molecular flexibility index (Phi) is 3.33. The second-order valence-electron chi connectivity index (χ2n) is 4.42. The van der Waals surface area contributed by atoms with E-state index in [-0.39, 0.29) is 0 Å². The molecule has 2 rings (SSSR count). The van der Waals surface area contributed by atoms with Crippen molar-refractivity contribution < 1.29 is 0 Å². The van der Waals surface area contributed by atoms with Gasteiger partial charge in [-0.1, -0.05) is 24.3 Å². The first-order chi connectivity index (χ1) is 8.15. The van der Waals surface area contributed by atoms with Crippen molar-refractivity contribution in [3.63, 3.8) is 0 Å². The van der Waals surface area contributed by atoms with Gasteiger partial charge in [-0.25, -0.2) is 0 Å². The predicted octanol–water partition coefficient (Wildman–Crippen LogP) is 3.50. The summed E-state index contributed by atoms with van der Waals surface area (Å²) in [7, 11) is 0. The average molecular weight is 226 g/mol. The molecule has 17 heavy (non-hydrogen) atoms. The summed E-state index contributed by atoms with van der Waals surface area (Å²) in [4.78, 5) is 0. The van der Waals surface area contributed by atoms with Gasteiger partial charge in [0.15, 0.2) is 0 Å². The minimum Gasteiger partial charge on any atom is -0.399 e. The molecule has 2 aromatic rings. The van der Waals surface area contributed by atoms with Gasteiger partial charge in [0.25, 0.3) is 0 Å². The molecule has 0 aliphatic rings. The number of anilines is 2. The first-order valence-electron chi connectivity index (χ1n) is 5.81. The van der Waals surface area contributed by atoms with Crippen molar-refractivity contribution >= 4 is 11.4 Å². The fourth-order valence-corrected chi connectivity index (χ4v) is 1.83. The highest BCUT2D eigenvalue weighted by molar-refractivity contribution is 5.53. The molecule has 2 nitrogen and oxygen atoms in total. The van der Waals surface area contributed by atoms with E-state index in [1.807, 2.05) is 18.2 Å². The van der Waals surface area contributed by atoms with Crippen LogP contribution >= 0.6 is 0 Å². The summed E-state index contributed by atoms with van der Waals surface area (Å²) in [6.45, 7) is 5.02. The molecule has 0 saturated carbocycles. The molecule has 0 aliphatic heterocycles. The molecule has 0 spiro atoms. The Morgan fingerprint density at radius 2 is 1.88 bits per heavy atom. The van der Waals surface area contributed by atoms with Crippen LogP contribution in [0.1, 0.15) is 16.7 Å². The van der Waals surface area contributed by atoms with Gasteiger partial charge in [0, 0.05) is 17.9 Å². The lowest BCUT2D eigenvalue weighted by molar-refractivity contribution is 1.14. The zero-order valence-corrected chi connectivity index (χ0v) is 10.3. The number of aryl methyl sites for hydroxylation is 2. The predicted molar refractivity (Wildman–Crippen MR) is 74.1 cm³/mol. The smallest absolute Gasteiger partial charge is 0.0401 e. The third kappa shape index (κ3) is 3.00. The van der Waals surface area contributed by atoms with Crippen molar-refractivity contribution in [2.75, 3.05) is 11.1 Å². The van der Waals surface area contributed by atoms with E-state index in [9.17, 15) is 0 Å². The minimum absolute atomic E-state index is 0.801. The number of nitrogens with two attached hydrogens (primary N) is 1. The summed E-state index contributed by atoms with van der Waals surface area (Å²) >= 11 is 0. The zero-order valence-electron chi connectivity index (χ0n) is 10.3. The highest BCUT2D eigenvalue weighted by Crippen LogP contribution is 2.17. The molecule has 0 radical (unpaired) electrons. The molecule has 0 bridgehead atoms. The first kappa shape index (κ1) is 11.5. The number of nitrogens with one attached hydrogen (secondary N) is 1. The van der Waals surface area contributed by atoms with Crippen LogP contribution < -0.4 is 11.1 Å². The molecule has 3 N–H and O–H groups in total. The van der Waals surface area contributed by atoms with Crippen molar-refractivity contribution in [3.8, 4) is 0 Å². The van der Waals surface area contributed by atoms with Gasteiger partial charge in [0.05, 0.1) is 0 Å². The quantitative estimate of drug-likeness (QED) is 0.786. The Morgan fingerprint density at radius 3 is 2.65 bits per heavy atom. The lowest BCUT2D eigenvalue weighted by Crippen LogP contribution is -2.01. The van der Waals surface area contributed by atoms with Crippen LogP contribution in [0.2, 0.25) is 0 Å². The van der Waals surface area contributed by atoms with Crippen molar-refractivity contribution in [2.24, 2.45) is 0 Å². The van der Waals surface area contributed by atoms with Crippen LogP contribution in [0.25, 0.3) is 0 Å². The van der Waals surface area contributed by atoms with Crippen LogP contribution in [0.15, 0.2) is 42.5 Å². The minimum atomic E-state index is 0.801. The molecule has 0 atom stereocenters. The van der Waals surface area contributed by atoms with Gasteiger partial charge in [-0.05, 0) is 48.7 Å². The van der Waals surface area contributed by atoms with Crippen molar-refractivity contribution in [2.45, 2.75) is 20.4 Å². The van der Waals surface area contributed by atoms with E-state index in [0.29, 0.717) is 0 Å². The summed E-state index contributed by atoms with van der Waals surface area (Å²) < 4.78 is 0. The van der Waals surface area contributed by atoms with Crippen molar-refractivity contribution in [1.82, 2.24) is 0 Å². The molecule has 2 heteroatoms. The maximum absolute atomic E-state index is 5.75. The number of hydrogen-bond donors (Lipinski definition) is 2. The second kappa shape index (κ2) is 4.91. The standard InChI is InChI=1S/C15H18N2/c1-11-6-7-12(2)15(8-11)17-10-13-4-3-5-14(16)9-13/h3-9,17H,10,16H2,1-2H3. The maximum atomic E-state index is 5.75. The summed E-state index contributed by atoms with van der Waals surface area (Å²) in [6.07, 6.45) is 0. The molecular formula is C15H18N2. The summed E-state index contributed by atoms with van der Waals surface area (Å²) in [6, 6.07) is 14.4. The molecule has 0 fully saturated rings. The monoisotopic (exact) mass is 226 g/mol. The molecular weight excluding hydrogens is 208 g/mol. The van der Waals surface area contributed by atoms with E-state index >= 15 is 0 Å². The van der Waals surface area contributed by atoms with Gasteiger partial charge < -0.3 is 11.1 Å². The van der Waals surface area contributed by atoms with Gasteiger partial charge in [-0.3, -0.25) is 0 Å². The Morgan fingerprint density at radius 1 is 1.06 bits per heavy atom. The molecule has 0 saturated heterocycles. The number of benzene rings is 2. The Bertz CT molecular complexity index is 518. The molecule has 0 heterocycles. The van der Waals surface area contributed by atoms with E-state index in [0.717, 1.165) is 12.2 Å². The Hall–Kier alpha value is -1.96. The van der Waals surface area contributed by atoms with Gasteiger partial charge in [0.1, 0.15) is 0 Å². The SMILES string of the molecule is Cc1ccc(C)c(NCc2cccc(N)c2)c1. The van der Waals surface area contributed by atoms with Crippen LogP contribution in [-0.2, 0) is 6.54 Å². The summed E-state index contributed by atoms with van der Waals surface area (Å²) in [5.74, 6) is 0. The Labute approximate surface area is 102 Å². The van der Waals surface area contributed by atoms with Crippen LogP contribution in [0, 0.1) is 13.8 Å². The van der Waals surface area contributed by atoms with Gasteiger partial charge >= 0.3 is 0 Å².